The minimum atomic E-state index is -4.59. The molecule has 0 aromatic carbocycles. The molecule has 0 aliphatic rings. The van der Waals surface area contributed by atoms with Crippen molar-refractivity contribution in [2.75, 3.05) is 13.2 Å². The summed E-state index contributed by atoms with van der Waals surface area (Å²) < 4.78 is 73.0. The Morgan fingerprint density at radius 1 is 0.431 bits per heavy atom. The first-order valence-electron chi connectivity index (χ1n) is 20.5. The molecule has 0 aliphatic carbocycles. The van der Waals surface area contributed by atoms with Gasteiger partial charge in [-0.05, 0) is 38.5 Å². The second-order valence-electron chi connectivity index (χ2n) is 14.0. The minimum absolute atomic E-state index is 0. The van der Waals surface area contributed by atoms with Crippen LogP contribution in [0.25, 0.3) is 0 Å². The molecule has 0 aromatic heterocycles. The van der Waals surface area contributed by atoms with Crippen LogP contribution in [-0.4, -0.2) is 76.9 Å². The standard InChI is InChI=1S/2C20H40O4S.Ca/c2*1-3-5-7-9-10-11-12-14-16-18-20(19-24-25(21,22)23)17-15-13-8-6-4-2;/h2*15,17,20H,3-14,16,18-19H2,1-2H3,(H,21,22,23);/q;;+2/p-2/b2*17-15+;. The van der Waals surface area contributed by atoms with Gasteiger partial charge in [-0.15, -0.1) is 0 Å². The molecular formula is C40H78CaO8S2. The van der Waals surface area contributed by atoms with E-state index in [1.807, 2.05) is 12.2 Å². The normalized spacial score (nSPS) is 13.3. The molecule has 0 amide bonds. The molecular weight excluding hydrogens is 713 g/mol. The third kappa shape index (κ3) is 50.5. The van der Waals surface area contributed by atoms with Gasteiger partial charge in [0.1, 0.15) is 0 Å². The van der Waals surface area contributed by atoms with E-state index in [0.29, 0.717) is 0 Å². The fraction of sp³-hybridized carbons (Fsp3) is 0.900. The average Bonchev–Trinajstić information content (AvgIpc) is 3.06. The van der Waals surface area contributed by atoms with Gasteiger partial charge in [0.05, 0.1) is 13.2 Å². The SMILES string of the molecule is CCCCC/C=C/C(CCCCCCCCCCC)COS(=O)(=O)[O-].CCCCC/C=C/C(CCCCCCCCCCC)COS(=O)(=O)[O-].[Ca+2]. The summed E-state index contributed by atoms with van der Waals surface area (Å²) in [5.41, 5.74) is 0. The molecule has 8 nitrogen and oxygen atoms in total. The monoisotopic (exact) mass is 790 g/mol. The van der Waals surface area contributed by atoms with E-state index in [4.69, 9.17) is 0 Å². The first kappa shape index (κ1) is 55.8. The summed E-state index contributed by atoms with van der Waals surface area (Å²) in [4.78, 5) is 0. The van der Waals surface area contributed by atoms with Crippen LogP contribution in [0, 0.1) is 11.8 Å². The van der Waals surface area contributed by atoms with E-state index < -0.39 is 20.8 Å². The molecule has 0 spiro atoms. The van der Waals surface area contributed by atoms with Gasteiger partial charge in [-0.25, -0.2) is 16.8 Å². The summed E-state index contributed by atoms with van der Waals surface area (Å²) in [6.45, 7) is 8.76. The van der Waals surface area contributed by atoms with Gasteiger partial charge in [-0.2, -0.15) is 0 Å². The van der Waals surface area contributed by atoms with Crippen molar-refractivity contribution in [1.82, 2.24) is 0 Å². The topological polar surface area (TPSA) is 133 Å². The summed E-state index contributed by atoms with van der Waals surface area (Å²) in [5.74, 6) is 0.0461. The van der Waals surface area contributed by atoms with Crippen LogP contribution < -0.4 is 0 Å². The van der Waals surface area contributed by atoms with Crippen LogP contribution in [0.1, 0.15) is 207 Å². The summed E-state index contributed by atoms with van der Waals surface area (Å²) >= 11 is 0. The smallest absolute Gasteiger partial charge is 0.726 e. The van der Waals surface area contributed by atoms with Crippen LogP contribution in [0.3, 0.4) is 0 Å². The molecule has 0 aromatic rings. The Hall–Kier alpha value is 0.480. The summed E-state index contributed by atoms with van der Waals surface area (Å²) in [6.07, 6.45) is 41.9. The van der Waals surface area contributed by atoms with Gasteiger partial charge < -0.3 is 9.11 Å². The first-order chi connectivity index (χ1) is 24.0. The second-order valence-corrected chi connectivity index (χ2v) is 16.1. The van der Waals surface area contributed by atoms with E-state index >= 15 is 0 Å². The van der Waals surface area contributed by atoms with Gasteiger partial charge in [-0.3, -0.25) is 8.37 Å². The number of hydrogen-bond acceptors (Lipinski definition) is 8. The third-order valence-electron chi connectivity index (χ3n) is 8.98. The maximum absolute atomic E-state index is 10.7. The third-order valence-corrected chi connectivity index (χ3v) is 9.82. The van der Waals surface area contributed by atoms with Gasteiger partial charge in [0.25, 0.3) is 0 Å². The van der Waals surface area contributed by atoms with Gasteiger partial charge in [0, 0.05) is 11.8 Å². The van der Waals surface area contributed by atoms with Crippen molar-refractivity contribution in [3.05, 3.63) is 24.3 Å². The van der Waals surface area contributed by atoms with Crippen molar-refractivity contribution in [3.63, 3.8) is 0 Å². The maximum Gasteiger partial charge on any atom is 2.00 e. The van der Waals surface area contributed by atoms with Gasteiger partial charge in [-0.1, -0.05) is 193 Å². The van der Waals surface area contributed by atoms with Gasteiger partial charge in [0.2, 0.25) is 20.8 Å². The Bertz CT molecular complexity index is 893. The minimum Gasteiger partial charge on any atom is -0.726 e. The molecule has 0 aliphatic heterocycles. The number of rotatable bonds is 36. The Labute approximate surface area is 347 Å². The Morgan fingerprint density at radius 2 is 0.686 bits per heavy atom. The van der Waals surface area contributed by atoms with Gasteiger partial charge in [0.15, 0.2) is 0 Å². The molecule has 0 saturated heterocycles. The molecule has 0 N–H and O–H groups in total. The molecule has 0 bridgehead atoms. The van der Waals surface area contributed by atoms with Crippen molar-refractivity contribution in [3.8, 4) is 0 Å². The summed E-state index contributed by atoms with van der Waals surface area (Å²) in [5, 5.41) is 0. The van der Waals surface area contributed by atoms with Crippen LogP contribution >= 0.6 is 0 Å². The molecule has 300 valence electrons. The van der Waals surface area contributed by atoms with Crippen LogP contribution in [0.5, 0.6) is 0 Å². The summed E-state index contributed by atoms with van der Waals surface area (Å²) in [7, 11) is -9.19. The van der Waals surface area contributed by atoms with Crippen LogP contribution in [0.2, 0.25) is 0 Å². The zero-order chi connectivity index (χ0) is 37.6. The second kappa shape index (κ2) is 41.6. The van der Waals surface area contributed by atoms with Crippen LogP contribution in [-0.2, 0) is 29.2 Å². The van der Waals surface area contributed by atoms with Crippen molar-refractivity contribution in [2.24, 2.45) is 11.8 Å². The fourth-order valence-corrected chi connectivity index (χ4v) is 6.53. The van der Waals surface area contributed by atoms with E-state index in [0.717, 1.165) is 64.2 Å². The van der Waals surface area contributed by atoms with Crippen LogP contribution in [0.4, 0.5) is 0 Å². The largest absolute Gasteiger partial charge is 2.00 e. The van der Waals surface area contributed by atoms with E-state index in [1.165, 1.54) is 116 Å². The molecule has 2 atom stereocenters. The Kier molecular flexibility index (Phi) is 45.6. The zero-order valence-corrected chi connectivity index (χ0v) is 37.3. The molecule has 11 heteroatoms. The molecule has 0 fully saturated rings. The Morgan fingerprint density at radius 3 is 0.961 bits per heavy atom. The van der Waals surface area contributed by atoms with E-state index in [1.54, 1.807) is 0 Å². The fourth-order valence-electron chi connectivity index (χ4n) is 5.85. The number of hydrogen-bond donors (Lipinski definition) is 0. The molecule has 51 heavy (non-hydrogen) atoms. The van der Waals surface area contributed by atoms with E-state index in [2.05, 4.69) is 48.2 Å². The predicted molar refractivity (Wildman–Crippen MR) is 214 cm³/mol. The zero-order valence-electron chi connectivity index (χ0n) is 33.5. The number of unbranched alkanes of at least 4 members (excludes halogenated alkanes) is 22. The molecule has 0 radical (unpaired) electrons. The number of allylic oxidation sites excluding steroid dienone is 2. The van der Waals surface area contributed by atoms with Crippen molar-refractivity contribution in [1.29, 1.82) is 0 Å². The van der Waals surface area contributed by atoms with Crippen molar-refractivity contribution >= 4 is 58.5 Å². The first-order valence-corrected chi connectivity index (χ1v) is 23.2. The van der Waals surface area contributed by atoms with Crippen molar-refractivity contribution < 1.29 is 34.3 Å². The van der Waals surface area contributed by atoms with Crippen molar-refractivity contribution in [2.45, 2.75) is 207 Å². The predicted octanol–water partition coefficient (Wildman–Crippen LogP) is 11.9. The molecule has 0 rings (SSSR count). The average molecular weight is 791 g/mol. The van der Waals surface area contributed by atoms with Crippen LogP contribution in [0.15, 0.2) is 24.3 Å². The van der Waals surface area contributed by atoms with E-state index in [9.17, 15) is 25.9 Å². The molecule has 2 unspecified atom stereocenters. The molecule has 0 heterocycles. The van der Waals surface area contributed by atoms with Gasteiger partial charge >= 0.3 is 37.7 Å². The maximum atomic E-state index is 10.7. The quantitative estimate of drug-likeness (QED) is 0.0201. The molecule has 0 saturated carbocycles. The van der Waals surface area contributed by atoms with E-state index in [-0.39, 0.29) is 62.8 Å². The Balaban J connectivity index is -0.000000886. The summed E-state index contributed by atoms with van der Waals surface area (Å²) in [6, 6.07) is 0.